The number of hydrogen-bond acceptors (Lipinski definition) is 2. The van der Waals surface area contributed by atoms with Crippen LogP contribution in [0.2, 0.25) is 0 Å². The number of nitrogens with two attached hydrogens (primary N) is 1. The third kappa shape index (κ3) is 3.78. The molecule has 1 saturated carbocycles. The number of carbonyl (C=O) groups excluding carboxylic acids is 1. The summed E-state index contributed by atoms with van der Waals surface area (Å²) in [4.78, 5) is 11.8. The monoisotopic (exact) mass is 226 g/mol. The second-order valence-electron chi connectivity index (χ2n) is 5.90. The summed E-state index contributed by atoms with van der Waals surface area (Å²) in [7, 11) is 0. The molecule has 3 nitrogen and oxygen atoms in total. The normalized spacial score (nSPS) is 26.1. The van der Waals surface area contributed by atoms with E-state index in [1.807, 2.05) is 6.92 Å². The molecule has 0 aromatic rings. The van der Waals surface area contributed by atoms with Crippen LogP contribution < -0.4 is 11.1 Å². The Kier molecular flexibility index (Phi) is 4.78. The van der Waals surface area contributed by atoms with Crippen LogP contribution in [-0.2, 0) is 4.79 Å². The van der Waals surface area contributed by atoms with Gasteiger partial charge in [-0.3, -0.25) is 4.79 Å². The third-order valence-electron chi connectivity index (χ3n) is 3.78. The van der Waals surface area contributed by atoms with Crippen LogP contribution in [0.1, 0.15) is 52.9 Å². The van der Waals surface area contributed by atoms with E-state index < -0.39 is 0 Å². The van der Waals surface area contributed by atoms with Crippen molar-refractivity contribution in [2.75, 3.05) is 6.54 Å². The highest BCUT2D eigenvalue weighted by atomic mass is 16.1. The van der Waals surface area contributed by atoms with Crippen LogP contribution in [-0.4, -0.2) is 18.5 Å². The zero-order valence-electron chi connectivity index (χ0n) is 10.9. The van der Waals surface area contributed by atoms with Gasteiger partial charge in [0.15, 0.2) is 0 Å². The summed E-state index contributed by atoms with van der Waals surface area (Å²) < 4.78 is 0. The van der Waals surface area contributed by atoms with Gasteiger partial charge in [0.05, 0.1) is 0 Å². The van der Waals surface area contributed by atoms with Gasteiger partial charge in [-0.15, -0.1) is 0 Å². The van der Waals surface area contributed by atoms with Crippen molar-refractivity contribution in [3.05, 3.63) is 0 Å². The molecule has 0 radical (unpaired) electrons. The number of amides is 1. The van der Waals surface area contributed by atoms with Crippen LogP contribution in [0.5, 0.6) is 0 Å². The molecule has 0 saturated heterocycles. The van der Waals surface area contributed by atoms with Crippen LogP contribution in [0.15, 0.2) is 0 Å². The fourth-order valence-electron chi connectivity index (χ4n) is 2.41. The Labute approximate surface area is 99.2 Å². The van der Waals surface area contributed by atoms with Gasteiger partial charge in [-0.2, -0.15) is 0 Å². The van der Waals surface area contributed by atoms with Crippen molar-refractivity contribution in [2.45, 2.75) is 58.9 Å². The summed E-state index contributed by atoms with van der Waals surface area (Å²) in [6.07, 6.45) is 5.42. The van der Waals surface area contributed by atoms with Crippen LogP contribution in [0.25, 0.3) is 0 Å². The fourth-order valence-corrected chi connectivity index (χ4v) is 2.41. The first-order valence-electron chi connectivity index (χ1n) is 6.45. The lowest BCUT2D eigenvalue weighted by atomic mass is 9.73. The molecule has 1 aliphatic carbocycles. The molecule has 0 spiro atoms. The van der Waals surface area contributed by atoms with E-state index in [0.29, 0.717) is 19.0 Å². The van der Waals surface area contributed by atoms with Gasteiger partial charge in [0.1, 0.15) is 0 Å². The zero-order valence-corrected chi connectivity index (χ0v) is 10.9. The van der Waals surface area contributed by atoms with Crippen molar-refractivity contribution in [1.29, 1.82) is 0 Å². The summed E-state index contributed by atoms with van der Waals surface area (Å²) in [5.74, 6) is 0.449. The summed E-state index contributed by atoms with van der Waals surface area (Å²) in [6.45, 7) is 7.11. The maximum absolute atomic E-state index is 11.8. The lowest BCUT2D eigenvalue weighted by Gasteiger charge is -2.39. The molecule has 3 heteroatoms. The molecule has 1 aliphatic rings. The van der Waals surface area contributed by atoms with Gasteiger partial charge >= 0.3 is 0 Å². The van der Waals surface area contributed by atoms with Gasteiger partial charge in [-0.05, 0) is 30.7 Å². The maximum atomic E-state index is 11.8. The highest BCUT2D eigenvalue weighted by molar-refractivity contribution is 5.76. The van der Waals surface area contributed by atoms with Crippen molar-refractivity contribution in [3.63, 3.8) is 0 Å². The summed E-state index contributed by atoms with van der Waals surface area (Å²) in [5.41, 5.74) is 5.78. The van der Waals surface area contributed by atoms with Gasteiger partial charge in [-0.1, -0.05) is 33.6 Å². The minimum atomic E-state index is 0.165. The number of nitrogens with one attached hydrogen (secondary N) is 1. The SMILES string of the molecule is CC(CN)CC(=O)NC1CCCCC1(C)C. The molecule has 1 rings (SSSR count). The molecular weight excluding hydrogens is 200 g/mol. The third-order valence-corrected chi connectivity index (χ3v) is 3.78. The Morgan fingerprint density at radius 3 is 2.75 bits per heavy atom. The van der Waals surface area contributed by atoms with E-state index in [1.54, 1.807) is 0 Å². The number of hydrogen-bond donors (Lipinski definition) is 2. The topological polar surface area (TPSA) is 55.1 Å². The summed E-state index contributed by atoms with van der Waals surface area (Å²) in [6, 6.07) is 0.346. The number of rotatable bonds is 4. The van der Waals surface area contributed by atoms with Gasteiger partial charge in [0.2, 0.25) is 5.91 Å². The molecular formula is C13H26N2O. The molecule has 0 aromatic carbocycles. The van der Waals surface area contributed by atoms with E-state index in [0.717, 1.165) is 6.42 Å². The Balaban J connectivity index is 2.43. The molecule has 2 unspecified atom stereocenters. The van der Waals surface area contributed by atoms with Gasteiger partial charge in [-0.25, -0.2) is 0 Å². The fraction of sp³-hybridized carbons (Fsp3) is 0.923. The molecule has 0 heterocycles. The van der Waals surface area contributed by atoms with E-state index >= 15 is 0 Å². The average molecular weight is 226 g/mol. The lowest BCUT2D eigenvalue weighted by molar-refractivity contribution is -0.123. The van der Waals surface area contributed by atoms with Gasteiger partial charge < -0.3 is 11.1 Å². The summed E-state index contributed by atoms with van der Waals surface area (Å²) >= 11 is 0. The number of carbonyl (C=O) groups is 1. The van der Waals surface area contributed by atoms with Crippen molar-refractivity contribution >= 4 is 5.91 Å². The van der Waals surface area contributed by atoms with Crippen molar-refractivity contribution in [3.8, 4) is 0 Å². The summed E-state index contributed by atoms with van der Waals surface area (Å²) in [5, 5.41) is 3.18. The second-order valence-corrected chi connectivity index (χ2v) is 5.90. The van der Waals surface area contributed by atoms with Crippen molar-refractivity contribution in [2.24, 2.45) is 17.1 Å². The lowest BCUT2D eigenvalue weighted by Crippen LogP contribution is -2.47. The first-order chi connectivity index (χ1) is 7.45. The predicted molar refractivity (Wildman–Crippen MR) is 67.0 cm³/mol. The molecule has 0 bridgehead atoms. The Morgan fingerprint density at radius 2 is 2.19 bits per heavy atom. The molecule has 2 atom stereocenters. The first kappa shape index (κ1) is 13.5. The van der Waals surface area contributed by atoms with E-state index in [4.69, 9.17) is 5.73 Å². The highest BCUT2D eigenvalue weighted by Crippen LogP contribution is 2.35. The smallest absolute Gasteiger partial charge is 0.220 e. The molecule has 1 fully saturated rings. The largest absolute Gasteiger partial charge is 0.353 e. The Bertz CT molecular complexity index is 238. The minimum Gasteiger partial charge on any atom is -0.353 e. The van der Waals surface area contributed by atoms with Crippen LogP contribution in [0.3, 0.4) is 0 Å². The van der Waals surface area contributed by atoms with Crippen LogP contribution in [0.4, 0.5) is 0 Å². The molecule has 3 N–H and O–H groups in total. The van der Waals surface area contributed by atoms with Crippen LogP contribution >= 0.6 is 0 Å². The van der Waals surface area contributed by atoms with Gasteiger partial charge in [0.25, 0.3) is 0 Å². The molecule has 94 valence electrons. The highest BCUT2D eigenvalue weighted by Gasteiger charge is 2.33. The van der Waals surface area contributed by atoms with E-state index in [9.17, 15) is 4.79 Å². The van der Waals surface area contributed by atoms with Crippen molar-refractivity contribution < 1.29 is 4.79 Å². The van der Waals surface area contributed by atoms with Gasteiger partial charge in [0, 0.05) is 12.5 Å². The predicted octanol–water partition coefficient (Wildman–Crippen LogP) is 2.06. The zero-order chi connectivity index (χ0) is 12.2. The molecule has 0 aliphatic heterocycles. The quantitative estimate of drug-likeness (QED) is 0.771. The Morgan fingerprint density at radius 1 is 1.50 bits per heavy atom. The van der Waals surface area contributed by atoms with E-state index in [1.165, 1.54) is 19.3 Å². The van der Waals surface area contributed by atoms with E-state index in [2.05, 4.69) is 19.2 Å². The first-order valence-corrected chi connectivity index (χ1v) is 6.45. The molecule has 0 aromatic heterocycles. The minimum absolute atomic E-state index is 0.165. The Hall–Kier alpha value is -0.570. The average Bonchev–Trinajstić information content (AvgIpc) is 2.21. The molecule has 1 amide bonds. The second kappa shape index (κ2) is 5.67. The maximum Gasteiger partial charge on any atom is 0.220 e. The van der Waals surface area contributed by atoms with E-state index in [-0.39, 0.29) is 17.2 Å². The molecule has 16 heavy (non-hydrogen) atoms. The van der Waals surface area contributed by atoms with Crippen LogP contribution in [0, 0.1) is 11.3 Å². The standard InChI is InChI=1S/C13H26N2O/c1-10(9-14)8-12(16)15-11-6-4-5-7-13(11,2)3/h10-11H,4-9,14H2,1-3H3,(H,15,16). The van der Waals surface area contributed by atoms with Crippen molar-refractivity contribution in [1.82, 2.24) is 5.32 Å².